The summed E-state index contributed by atoms with van der Waals surface area (Å²) in [5.74, 6) is -2.86. The Morgan fingerprint density at radius 3 is 2.59 bits per heavy atom. The summed E-state index contributed by atoms with van der Waals surface area (Å²) in [6.07, 6.45) is 0.648. The molecule has 2 aromatic rings. The quantitative estimate of drug-likeness (QED) is 0.738. The Labute approximate surface area is 185 Å². The molecule has 1 unspecified atom stereocenters. The van der Waals surface area contributed by atoms with Crippen molar-refractivity contribution < 1.29 is 23.1 Å². The number of hydrogen-bond acceptors (Lipinski definition) is 4. The number of hydrogen-bond donors (Lipinski definition) is 1. The monoisotopic (exact) mass is 447 g/mol. The van der Waals surface area contributed by atoms with Crippen LogP contribution < -0.4 is 15.5 Å². The van der Waals surface area contributed by atoms with Gasteiger partial charge in [-0.15, -0.1) is 0 Å². The number of methoxy groups -OCH3 is 1. The van der Waals surface area contributed by atoms with Crippen molar-refractivity contribution in [2.45, 2.75) is 46.2 Å². The molecular weight excluding hydrogens is 420 g/mol. The summed E-state index contributed by atoms with van der Waals surface area (Å²) in [7, 11) is 2.90. The van der Waals surface area contributed by atoms with E-state index < -0.39 is 23.0 Å². The highest BCUT2D eigenvalue weighted by Gasteiger charge is 2.35. The summed E-state index contributed by atoms with van der Waals surface area (Å²) in [6.45, 7) is 5.86. The van der Waals surface area contributed by atoms with E-state index in [0.29, 0.717) is 25.2 Å². The van der Waals surface area contributed by atoms with Crippen LogP contribution in [0.4, 0.5) is 8.78 Å². The van der Waals surface area contributed by atoms with Crippen LogP contribution in [0, 0.1) is 18.6 Å². The molecule has 32 heavy (non-hydrogen) atoms. The summed E-state index contributed by atoms with van der Waals surface area (Å²) < 4.78 is 34.6. The number of rotatable bonds is 6. The number of aryl methyl sites for hydroxylation is 1. The van der Waals surface area contributed by atoms with Crippen LogP contribution in [-0.4, -0.2) is 42.0 Å². The molecular formula is C23H27F2N3O4. The fourth-order valence-electron chi connectivity index (χ4n) is 3.98. The molecule has 0 aliphatic carbocycles. The maximum atomic E-state index is 14.1. The smallest absolute Gasteiger partial charge is 0.274 e. The number of fused-ring (bicyclic) bond motifs is 1. The molecule has 9 heteroatoms. The second-order valence-corrected chi connectivity index (χ2v) is 8.01. The van der Waals surface area contributed by atoms with E-state index >= 15 is 0 Å². The van der Waals surface area contributed by atoms with Gasteiger partial charge in [0.1, 0.15) is 17.2 Å². The highest BCUT2D eigenvalue weighted by atomic mass is 19.1. The summed E-state index contributed by atoms with van der Waals surface area (Å²) in [6, 6.07) is 2.08. The molecule has 1 aromatic carbocycles. The van der Waals surface area contributed by atoms with Crippen molar-refractivity contribution in [1.29, 1.82) is 0 Å². The molecule has 1 atom stereocenters. The average Bonchev–Trinajstić information content (AvgIpc) is 3.14. The van der Waals surface area contributed by atoms with E-state index in [9.17, 15) is 23.2 Å². The first-order chi connectivity index (χ1) is 15.1. The second-order valence-electron chi connectivity index (χ2n) is 8.01. The van der Waals surface area contributed by atoms with E-state index in [2.05, 4.69) is 5.32 Å². The van der Waals surface area contributed by atoms with Crippen molar-refractivity contribution in [3.05, 3.63) is 62.1 Å². The van der Waals surface area contributed by atoms with Gasteiger partial charge < -0.3 is 19.5 Å². The zero-order valence-corrected chi connectivity index (χ0v) is 18.8. The standard InChI is InChI=1S/C23H27F2N3O4/c1-6-27(4)23(31)19-21(32-5)20(29)17(18-12(2)7-8-28(18)19)22(30)26-11-14-9-13(3)15(24)10-16(14)25/h9-10,12H,6-8,11H2,1-5H3,(H,26,30). The van der Waals surface area contributed by atoms with Gasteiger partial charge in [0.05, 0.1) is 7.11 Å². The molecule has 7 nitrogen and oxygen atoms in total. The van der Waals surface area contributed by atoms with Crippen LogP contribution >= 0.6 is 0 Å². The molecule has 0 spiro atoms. The largest absolute Gasteiger partial charge is 0.491 e. The van der Waals surface area contributed by atoms with Gasteiger partial charge in [-0.05, 0) is 37.8 Å². The molecule has 1 aromatic heterocycles. The van der Waals surface area contributed by atoms with Crippen molar-refractivity contribution in [2.75, 3.05) is 20.7 Å². The van der Waals surface area contributed by atoms with Crippen LogP contribution in [0.5, 0.6) is 5.75 Å². The summed E-state index contributed by atoms with van der Waals surface area (Å²) in [5.41, 5.74) is 0.116. The molecule has 1 aliphatic rings. The van der Waals surface area contributed by atoms with Crippen molar-refractivity contribution in [1.82, 2.24) is 14.8 Å². The van der Waals surface area contributed by atoms with Gasteiger partial charge in [-0.3, -0.25) is 14.4 Å². The number of pyridine rings is 1. The zero-order chi connectivity index (χ0) is 23.7. The SMILES string of the molecule is CCN(C)C(=O)c1c(OC)c(=O)c(C(=O)NCc2cc(C)c(F)cc2F)c2n1CCC2C. The van der Waals surface area contributed by atoms with Gasteiger partial charge in [0.2, 0.25) is 5.43 Å². The number of halogens is 2. The Kier molecular flexibility index (Phi) is 6.66. The van der Waals surface area contributed by atoms with E-state index in [1.165, 1.54) is 25.0 Å². The molecule has 1 aliphatic heterocycles. The van der Waals surface area contributed by atoms with Crippen molar-refractivity contribution in [3.63, 3.8) is 0 Å². The first-order valence-corrected chi connectivity index (χ1v) is 10.4. The molecule has 1 N–H and O–H groups in total. The Morgan fingerprint density at radius 2 is 1.97 bits per heavy atom. The number of amides is 2. The third-order valence-electron chi connectivity index (χ3n) is 5.94. The van der Waals surface area contributed by atoms with E-state index in [4.69, 9.17) is 4.74 Å². The number of benzene rings is 1. The molecule has 2 heterocycles. The molecule has 0 saturated carbocycles. The van der Waals surface area contributed by atoms with Crippen LogP contribution in [0.2, 0.25) is 0 Å². The predicted octanol–water partition coefficient (Wildman–Crippen LogP) is 2.97. The summed E-state index contributed by atoms with van der Waals surface area (Å²) in [5, 5.41) is 2.56. The normalized spacial score (nSPS) is 14.8. The van der Waals surface area contributed by atoms with Crippen LogP contribution in [-0.2, 0) is 13.1 Å². The Bertz CT molecular complexity index is 1140. The number of carbonyl (C=O) groups excluding carboxylic acids is 2. The van der Waals surface area contributed by atoms with Crippen molar-refractivity contribution >= 4 is 11.8 Å². The molecule has 0 saturated heterocycles. The number of ether oxygens (including phenoxy) is 1. The fourth-order valence-corrected chi connectivity index (χ4v) is 3.98. The Balaban J connectivity index is 2.07. The van der Waals surface area contributed by atoms with Crippen molar-refractivity contribution in [3.8, 4) is 5.75 Å². The average molecular weight is 447 g/mol. The minimum atomic E-state index is -0.787. The zero-order valence-electron chi connectivity index (χ0n) is 18.8. The van der Waals surface area contributed by atoms with Crippen LogP contribution in [0.25, 0.3) is 0 Å². The lowest BCUT2D eigenvalue weighted by molar-refractivity contribution is 0.0785. The predicted molar refractivity (Wildman–Crippen MR) is 115 cm³/mol. The van der Waals surface area contributed by atoms with E-state index in [1.54, 1.807) is 11.6 Å². The molecule has 0 fully saturated rings. The topological polar surface area (TPSA) is 80.6 Å². The van der Waals surface area contributed by atoms with Crippen LogP contribution in [0.1, 0.15) is 63.9 Å². The molecule has 0 bridgehead atoms. The van der Waals surface area contributed by atoms with Gasteiger partial charge in [-0.25, -0.2) is 8.78 Å². The van der Waals surface area contributed by atoms with E-state index in [0.717, 1.165) is 6.07 Å². The third-order valence-corrected chi connectivity index (χ3v) is 5.94. The van der Waals surface area contributed by atoms with E-state index in [1.807, 2.05) is 13.8 Å². The summed E-state index contributed by atoms with van der Waals surface area (Å²) in [4.78, 5) is 40.8. The van der Waals surface area contributed by atoms with Gasteiger partial charge in [0.25, 0.3) is 11.8 Å². The van der Waals surface area contributed by atoms with Crippen LogP contribution in [0.3, 0.4) is 0 Å². The van der Waals surface area contributed by atoms with Gasteiger partial charge in [0.15, 0.2) is 11.4 Å². The number of aromatic nitrogens is 1. The minimum absolute atomic E-state index is 0.102. The highest BCUT2D eigenvalue weighted by molar-refractivity contribution is 6.00. The third kappa shape index (κ3) is 3.99. The lowest BCUT2D eigenvalue weighted by Crippen LogP contribution is -2.36. The first kappa shape index (κ1) is 23.4. The first-order valence-electron chi connectivity index (χ1n) is 10.4. The molecule has 2 amide bonds. The Hall–Kier alpha value is -3.23. The number of carbonyl (C=O) groups is 2. The lowest BCUT2D eigenvalue weighted by Gasteiger charge is -2.22. The fraction of sp³-hybridized carbons (Fsp3) is 0.435. The molecule has 0 radical (unpaired) electrons. The van der Waals surface area contributed by atoms with Gasteiger partial charge in [-0.1, -0.05) is 6.92 Å². The second kappa shape index (κ2) is 9.10. The van der Waals surface area contributed by atoms with Gasteiger partial charge in [-0.2, -0.15) is 0 Å². The van der Waals surface area contributed by atoms with E-state index in [-0.39, 0.29) is 46.5 Å². The molecule has 172 valence electrons. The maximum absolute atomic E-state index is 14.1. The van der Waals surface area contributed by atoms with Crippen molar-refractivity contribution in [2.24, 2.45) is 0 Å². The maximum Gasteiger partial charge on any atom is 0.274 e. The van der Waals surface area contributed by atoms with Crippen LogP contribution in [0.15, 0.2) is 16.9 Å². The number of nitrogens with one attached hydrogen (secondary N) is 1. The lowest BCUT2D eigenvalue weighted by atomic mass is 10.00. The van der Waals surface area contributed by atoms with Gasteiger partial charge >= 0.3 is 0 Å². The minimum Gasteiger partial charge on any atom is -0.491 e. The summed E-state index contributed by atoms with van der Waals surface area (Å²) >= 11 is 0. The number of nitrogens with zero attached hydrogens (tertiary/aromatic N) is 2. The Morgan fingerprint density at radius 1 is 1.28 bits per heavy atom. The van der Waals surface area contributed by atoms with Gasteiger partial charge in [0, 0.05) is 44.0 Å². The molecule has 3 rings (SSSR count). The highest BCUT2D eigenvalue weighted by Crippen LogP contribution is 2.34.